The third-order valence-electron chi connectivity index (χ3n) is 11.9. The molecule has 0 saturated carbocycles. The van der Waals surface area contributed by atoms with E-state index in [1.54, 1.807) is 17.8 Å². The number of anilines is 1. The van der Waals surface area contributed by atoms with Gasteiger partial charge >= 0.3 is 5.97 Å². The fourth-order valence-corrected chi connectivity index (χ4v) is 11.6. The number of oxime groups is 1. The second kappa shape index (κ2) is 20.4. The van der Waals surface area contributed by atoms with Crippen LogP contribution >= 0.6 is 34.9 Å². The third kappa shape index (κ3) is 9.51. The average Bonchev–Trinajstić information content (AvgIpc) is 3.86. The standard InChI is InChI=1S/C53H43N7O6S3/c61-42-30-43(56-42)66-59-44(41-33-69-52(55-41)58-53(37-20-10-3-11-21-37,38-22-12-4-13-23-38)39-24-14-5-15-25-39)48(62)57-45-49(63)60-46(36(32-68-50(45)60)31-67-40-26-28-54-29-27-40)51(64)65-47(34-16-6-1-7-17-34)35-18-8-2-9-19-35/h1-29,33,43,45,47,50H,30-32H2,(H,55,58)(H,56,61)(H,57,62)/b59-44-/t43?,45?,50-/m1/s1. The largest absolute Gasteiger partial charge is 0.448 e. The molecule has 3 N–H and O–H groups in total. The molecular weight excluding hydrogens is 927 g/mol. The summed E-state index contributed by atoms with van der Waals surface area (Å²) >= 11 is 4.24. The Bertz CT molecular complexity index is 2880. The minimum atomic E-state index is -1.04. The Balaban J connectivity index is 0.943. The first-order valence-corrected chi connectivity index (χ1v) is 25.0. The van der Waals surface area contributed by atoms with E-state index in [1.807, 2.05) is 127 Å². The first-order valence-electron chi connectivity index (χ1n) is 22.1. The molecule has 0 aliphatic carbocycles. The van der Waals surface area contributed by atoms with Gasteiger partial charge in [0, 0.05) is 34.2 Å². The van der Waals surface area contributed by atoms with Gasteiger partial charge in [0.25, 0.3) is 11.8 Å². The highest BCUT2D eigenvalue weighted by atomic mass is 32.2. The van der Waals surface area contributed by atoms with Gasteiger partial charge in [0.05, 0.1) is 6.42 Å². The number of benzene rings is 5. The number of amides is 3. The van der Waals surface area contributed by atoms with Crippen molar-refractivity contribution in [3.63, 3.8) is 0 Å². The highest BCUT2D eigenvalue weighted by molar-refractivity contribution is 8.01. The molecule has 344 valence electrons. The molecule has 2 unspecified atom stereocenters. The van der Waals surface area contributed by atoms with Crippen molar-refractivity contribution in [2.75, 3.05) is 16.8 Å². The fraction of sp³-hybridized carbons (Fsp3) is 0.151. The quantitative estimate of drug-likeness (QED) is 0.0201. The van der Waals surface area contributed by atoms with Gasteiger partial charge in [0.15, 0.2) is 16.9 Å². The van der Waals surface area contributed by atoms with Crippen molar-refractivity contribution in [3.05, 3.63) is 226 Å². The van der Waals surface area contributed by atoms with Crippen LogP contribution in [-0.2, 0) is 34.3 Å². The molecule has 3 aliphatic rings. The van der Waals surface area contributed by atoms with Crippen LogP contribution in [0.15, 0.2) is 203 Å². The van der Waals surface area contributed by atoms with Crippen molar-refractivity contribution >= 4 is 69.4 Å². The fourth-order valence-electron chi connectivity index (χ4n) is 8.44. The predicted molar refractivity (Wildman–Crippen MR) is 267 cm³/mol. The molecule has 10 rings (SSSR count). The second-order valence-electron chi connectivity index (χ2n) is 16.2. The lowest BCUT2D eigenvalue weighted by atomic mass is 9.77. The first-order chi connectivity index (χ1) is 33.9. The minimum absolute atomic E-state index is 0.0627. The SMILES string of the molecule is O=C1CC(O/N=C(\C(=O)NC2C(=O)N3C(C(=O)OC(c4ccccc4)c4ccccc4)=C(CSc4ccncc4)CS[C@H]23)c2csc(NC(c3ccccc3)(c3ccccc3)c3ccccc3)n2)N1. The third-order valence-corrected chi connectivity index (χ3v) is 15.1. The number of aromatic nitrogens is 2. The number of pyridine rings is 1. The van der Waals surface area contributed by atoms with Gasteiger partial charge in [0.1, 0.15) is 28.3 Å². The number of esters is 1. The van der Waals surface area contributed by atoms with Gasteiger partial charge in [-0.3, -0.25) is 24.3 Å². The minimum Gasteiger partial charge on any atom is -0.448 e. The van der Waals surface area contributed by atoms with E-state index in [0.29, 0.717) is 16.6 Å². The Morgan fingerprint density at radius 2 is 1.35 bits per heavy atom. The molecule has 2 fully saturated rings. The molecule has 69 heavy (non-hydrogen) atoms. The van der Waals surface area contributed by atoms with Crippen LogP contribution < -0.4 is 16.0 Å². The summed E-state index contributed by atoms with van der Waals surface area (Å²) in [5, 5.41) is 15.0. The zero-order valence-electron chi connectivity index (χ0n) is 36.7. The topological polar surface area (TPSA) is 164 Å². The Labute approximate surface area is 410 Å². The first kappa shape index (κ1) is 45.3. The Kier molecular flexibility index (Phi) is 13.4. The number of hydrogen-bond donors (Lipinski definition) is 3. The molecule has 7 aromatic rings. The molecule has 13 nitrogen and oxygen atoms in total. The molecule has 3 amide bonds. The highest BCUT2D eigenvalue weighted by Gasteiger charge is 2.55. The van der Waals surface area contributed by atoms with Crippen molar-refractivity contribution < 1.29 is 28.8 Å². The maximum atomic E-state index is 14.6. The van der Waals surface area contributed by atoms with E-state index < -0.39 is 47.1 Å². The van der Waals surface area contributed by atoms with E-state index in [2.05, 4.69) is 62.5 Å². The number of carbonyl (C=O) groups excluding carboxylic acids is 4. The van der Waals surface area contributed by atoms with Crippen LogP contribution in [0, 0.1) is 0 Å². The van der Waals surface area contributed by atoms with Gasteiger partial charge in [-0.1, -0.05) is 157 Å². The lowest BCUT2D eigenvalue weighted by Gasteiger charge is -2.49. The molecule has 3 aliphatic heterocycles. The van der Waals surface area contributed by atoms with E-state index in [-0.39, 0.29) is 29.4 Å². The number of hydrogen-bond acceptors (Lipinski definition) is 13. The summed E-state index contributed by atoms with van der Waals surface area (Å²) in [5.74, 6) is -1.28. The zero-order chi connectivity index (χ0) is 47.2. The summed E-state index contributed by atoms with van der Waals surface area (Å²) in [5.41, 5.74) is 4.37. The Morgan fingerprint density at radius 3 is 1.90 bits per heavy atom. The lowest BCUT2D eigenvalue weighted by molar-refractivity contribution is -0.154. The van der Waals surface area contributed by atoms with Crippen LogP contribution in [-0.4, -0.2) is 73.4 Å². The monoisotopic (exact) mass is 969 g/mol. The van der Waals surface area contributed by atoms with Crippen molar-refractivity contribution in [2.24, 2.45) is 5.16 Å². The second-order valence-corrected chi connectivity index (χ2v) is 19.2. The number of thioether (sulfide) groups is 2. The van der Waals surface area contributed by atoms with Crippen LogP contribution in [0.4, 0.5) is 5.13 Å². The summed E-state index contributed by atoms with van der Waals surface area (Å²) < 4.78 is 6.37. The van der Waals surface area contributed by atoms with Crippen LogP contribution in [0.5, 0.6) is 0 Å². The Hall–Kier alpha value is -7.53. The smallest absolute Gasteiger partial charge is 0.356 e. The summed E-state index contributed by atoms with van der Waals surface area (Å²) in [4.78, 5) is 72.6. The molecule has 2 aromatic heterocycles. The van der Waals surface area contributed by atoms with Crippen molar-refractivity contribution in [3.8, 4) is 0 Å². The van der Waals surface area contributed by atoms with Crippen molar-refractivity contribution in [1.82, 2.24) is 25.5 Å². The summed E-state index contributed by atoms with van der Waals surface area (Å²) in [7, 11) is 0. The van der Waals surface area contributed by atoms with E-state index in [4.69, 9.17) is 14.6 Å². The number of ether oxygens (including phenoxy) is 1. The molecule has 2 saturated heterocycles. The maximum absolute atomic E-state index is 14.6. The highest BCUT2D eigenvalue weighted by Crippen LogP contribution is 2.44. The van der Waals surface area contributed by atoms with Gasteiger partial charge in [-0.2, -0.15) is 0 Å². The van der Waals surface area contributed by atoms with Crippen molar-refractivity contribution in [1.29, 1.82) is 0 Å². The molecule has 0 radical (unpaired) electrons. The molecule has 0 bridgehead atoms. The van der Waals surface area contributed by atoms with Gasteiger partial charge < -0.3 is 25.5 Å². The molecule has 5 heterocycles. The Morgan fingerprint density at radius 1 is 0.797 bits per heavy atom. The van der Waals surface area contributed by atoms with Crippen LogP contribution in [0.2, 0.25) is 0 Å². The van der Waals surface area contributed by atoms with Crippen LogP contribution in [0.1, 0.15) is 46.0 Å². The number of carbonyl (C=O) groups is 4. The van der Waals surface area contributed by atoms with Gasteiger partial charge in [-0.15, -0.1) is 34.9 Å². The van der Waals surface area contributed by atoms with E-state index in [1.165, 1.54) is 39.8 Å². The maximum Gasteiger partial charge on any atom is 0.356 e. The predicted octanol–water partition coefficient (Wildman–Crippen LogP) is 8.29. The number of β-lactam (4-membered cyclic amide) rings is 2. The molecule has 16 heteroatoms. The number of thiazole rings is 1. The zero-order valence-corrected chi connectivity index (χ0v) is 39.2. The number of fused-ring (bicyclic) bond motifs is 1. The summed E-state index contributed by atoms with van der Waals surface area (Å²) in [6, 6.07) is 51.8. The molecule has 3 atom stereocenters. The summed E-state index contributed by atoms with van der Waals surface area (Å²) in [6.07, 6.45) is 1.97. The molecule has 0 spiro atoms. The molecule has 5 aromatic carbocycles. The number of rotatable bonds is 17. The van der Waals surface area contributed by atoms with Crippen LogP contribution in [0.25, 0.3) is 0 Å². The van der Waals surface area contributed by atoms with Gasteiger partial charge in [-0.05, 0) is 45.5 Å². The number of nitrogens with zero attached hydrogens (tertiary/aromatic N) is 4. The van der Waals surface area contributed by atoms with Gasteiger partial charge in [0.2, 0.25) is 12.1 Å². The lowest BCUT2D eigenvalue weighted by Crippen LogP contribution is -2.71. The van der Waals surface area contributed by atoms with Gasteiger partial charge in [-0.25, -0.2) is 9.78 Å². The van der Waals surface area contributed by atoms with E-state index in [9.17, 15) is 19.2 Å². The van der Waals surface area contributed by atoms with E-state index >= 15 is 0 Å². The van der Waals surface area contributed by atoms with E-state index in [0.717, 1.165) is 38.3 Å². The van der Waals surface area contributed by atoms with Crippen LogP contribution in [0.3, 0.4) is 0 Å². The normalized spacial score (nSPS) is 17.8. The summed E-state index contributed by atoms with van der Waals surface area (Å²) in [6.45, 7) is 0. The van der Waals surface area contributed by atoms with Crippen molar-refractivity contribution in [2.45, 2.75) is 40.6 Å². The number of nitrogens with one attached hydrogen (secondary N) is 3. The molecular formula is C53H43N7O6S3. The average molecular weight is 970 g/mol.